The molecule has 0 aliphatic carbocycles. The van der Waals surface area contributed by atoms with Gasteiger partial charge in [0, 0.05) is 0 Å². The highest BCUT2D eigenvalue weighted by Crippen LogP contribution is 2.36. The molecule has 0 saturated heterocycles. The van der Waals surface area contributed by atoms with Crippen LogP contribution < -0.4 is 5.14 Å². The fourth-order valence-corrected chi connectivity index (χ4v) is 2.65. The lowest BCUT2D eigenvalue weighted by Crippen LogP contribution is -2.48. The number of rotatable bonds is 5. The van der Waals surface area contributed by atoms with E-state index in [0.29, 0.717) is 17.3 Å². The van der Waals surface area contributed by atoms with Gasteiger partial charge in [-0.3, -0.25) is 5.14 Å². The Hall–Kier alpha value is -1.99. The smallest absolute Gasteiger partial charge is 0.428 e. The summed E-state index contributed by atoms with van der Waals surface area (Å²) in [6.45, 7) is 4.47. The Morgan fingerprint density at radius 1 is 1.25 bits per heavy atom. The average Bonchev–Trinajstić information content (AvgIpc) is 2.52. The number of nitrogens with two attached hydrogens (primary N) is 1. The number of carbonyl (C=O) groups is 1. The summed E-state index contributed by atoms with van der Waals surface area (Å²) in [5, 5.41) is 6.71. The molecule has 2 aromatic rings. The lowest BCUT2D eigenvalue weighted by molar-refractivity contribution is -0.242. The van der Waals surface area contributed by atoms with Crippen LogP contribution in [0.1, 0.15) is 22.8 Å². The second kappa shape index (κ2) is 6.86. The topological polar surface area (TPSA) is 52.3 Å². The van der Waals surface area contributed by atoms with E-state index in [9.17, 15) is 18.0 Å². The molecule has 128 valence electrons. The quantitative estimate of drug-likeness (QED) is 0.631. The fraction of sp³-hybridized carbons (Fsp3) is 0.235. The minimum Gasteiger partial charge on any atom is -0.445 e. The van der Waals surface area contributed by atoms with Crippen LogP contribution in [0.4, 0.5) is 13.2 Å². The van der Waals surface area contributed by atoms with Gasteiger partial charge in [0.2, 0.25) is 5.60 Å². The molecule has 0 radical (unpaired) electrons. The van der Waals surface area contributed by atoms with Crippen molar-refractivity contribution >= 4 is 34.8 Å². The number of hydrogen-bond donors (Lipinski definition) is 1. The largest absolute Gasteiger partial charge is 0.445 e. The molecule has 1 atom stereocenters. The van der Waals surface area contributed by atoms with E-state index in [1.54, 1.807) is 18.2 Å². The molecule has 0 amide bonds. The third kappa shape index (κ3) is 3.73. The highest BCUT2D eigenvalue weighted by Gasteiger charge is 2.54. The number of carbonyl (C=O) groups excluding carboxylic acids is 1. The first-order chi connectivity index (χ1) is 11.2. The molecule has 2 aromatic carbocycles. The fourth-order valence-electron chi connectivity index (χ4n) is 2.11. The molecule has 3 nitrogen and oxygen atoms in total. The highest BCUT2D eigenvalue weighted by molar-refractivity contribution is 7.97. The van der Waals surface area contributed by atoms with E-state index < -0.39 is 23.5 Å². The molecule has 7 heteroatoms. The van der Waals surface area contributed by atoms with Gasteiger partial charge in [-0.15, -0.1) is 0 Å². The highest BCUT2D eigenvalue weighted by atomic mass is 32.2. The summed E-state index contributed by atoms with van der Waals surface area (Å²) in [7, 11) is 0. The zero-order valence-corrected chi connectivity index (χ0v) is 13.7. The van der Waals surface area contributed by atoms with Crippen LogP contribution in [0.15, 0.2) is 43.0 Å². The molecule has 0 saturated carbocycles. The molecule has 0 aliphatic heterocycles. The Kier molecular flexibility index (Phi) is 5.25. The van der Waals surface area contributed by atoms with Crippen molar-refractivity contribution in [2.24, 2.45) is 5.14 Å². The maximum atomic E-state index is 13.2. The van der Waals surface area contributed by atoms with E-state index in [4.69, 9.17) is 9.88 Å². The van der Waals surface area contributed by atoms with Crippen molar-refractivity contribution in [2.75, 3.05) is 5.75 Å². The van der Waals surface area contributed by atoms with Crippen LogP contribution in [0.5, 0.6) is 0 Å². The van der Waals surface area contributed by atoms with Crippen molar-refractivity contribution in [1.29, 1.82) is 0 Å². The molecule has 2 rings (SSSR count). The summed E-state index contributed by atoms with van der Waals surface area (Å²) in [6.07, 6.45) is -3.08. The molecular formula is C17H16F3NO2S. The van der Waals surface area contributed by atoms with Gasteiger partial charge in [-0.2, -0.15) is 13.2 Å². The first-order valence-electron chi connectivity index (χ1n) is 6.98. The van der Waals surface area contributed by atoms with Gasteiger partial charge in [0.05, 0.1) is 11.3 Å². The molecule has 0 bridgehead atoms. The van der Waals surface area contributed by atoms with Crippen molar-refractivity contribution < 1.29 is 22.7 Å². The van der Waals surface area contributed by atoms with Crippen LogP contribution >= 0.6 is 11.9 Å². The third-order valence-electron chi connectivity index (χ3n) is 3.61. The van der Waals surface area contributed by atoms with Gasteiger partial charge in [0.15, 0.2) is 0 Å². The average molecular weight is 355 g/mol. The van der Waals surface area contributed by atoms with Gasteiger partial charge in [0.25, 0.3) is 0 Å². The molecule has 2 N–H and O–H groups in total. The molecule has 0 aliphatic rings. The van der Waals surface area contributed by atoms with Crippen molar-refractivity contribution in [3.63, 3.8) is 0 Å². The van der Waals surface area contributed by atoms with Crippen molar-refractivity contribution in [3.05, 3.63) is 54.1 Å². The predicted octanol–water partition coefficient (Wildman–Crippen LogP) is 4.57. The van der Waals surface area contributed by atoms with Gasteiger partial charge in [0.1, 0.15) is 0 Å². The maximum absolute atomic E-state index is 13.2. The van der Waals surface area contributed by atoms with Crippen molar-refractivity contribution in [2.45, 2.75) is 18.7 Å². The molecule has 1 unspecified atom stereocenters. The number of ether oxygens (including phenoxy) is 1. The van der Waals surface area contributed by atoms with Crippen LogP contribution in [0.2, 0.25) is 0 Å². The minimum atomic E-state index is -4.72. The van der Waals surface area contributed by atoms with E-state index in [-0.39, 0.29) is 5.56 Å². The normalized spacial score (nSPS) is 14.2. The van der Waals surface area contributed by atoms with Gasteiger partial charge < -0.3 is 4.74 Å². The molecule has 0 heterocycles. The predicted molar refractivity (Wildman–Crippen MR) is 90.6 cm³/mol. The van der Waals surface area contributed by atoms with Gasteiger partial charge >= 0.3 is 12.1 Å². The van der Waals surface area contributed by atoms with Gasteiger partial charge in [-0.05, 0) is 41.5 Å². The van der Waals surface area contributed by atoms with E-state index in [1.165, 1.54) is 12.1 Å². The van der Waals surface area contributed by atoms with Gasteiger partial charge in [-0.1, -0.05) is 42.8 Å². The number of esters is 1. The summed E-state index contributed by atoms with van der Waals surface area (Å²) < 4.78 is 44.2. The molecule has 0 aromatic heterocycles. The summed E-state index contributed by atoms with van der Waals surface area (Å²) >= 11 is 0.472. The molecular weight excluding hydrogens is 339 g/mol. The number of alkyl halides is 3. The SMILES string of the molecule is C=Cc1ccc2ccc(C(=O)OC(C)(CSN)C(F)(F)F)cc2c1. The second-order valence-corrected chi connectivity index (χ2v) is 6.08. The van der Waals surface area contributed by atoms with E-state index >= 15 is 0 Å². The zero-order valence-electron chi connectivity index (χ0n) is 12.9. The summed E-state index contributed by atoms with van der Waals surface area (Å²) in [4.78, 5) is 12.2. The van der Waals surface area contributed by atoms with E-state index in [0.717, 1.165) is 17.9 Å². The Morgan fingerprint density at radius 2 is 1.92 bits per heavy atom. The Labute approximate surface area is 141 Å². The monoisotopic (exact) mass is 355 g/mol. The third-order valence-corrected chi connectivity index (χ3v) is 4.33. The summed E-state index contributed by atoms with van der Waals surface area (Å²) in [5.41, 5.74) is -1.77. The molecule has 24 heavy (non-hydrogen) atoms. The Bertz CT molecular complexity index is 776. The van der Waals surface area contributed by atoms with Crippen LogP contribution in [-0.2, 0) is 4.74 Å². The Balaban J connectivity index is 2.34. The first kappa shape index (κ1) is 18.4. The Morgan fingerprint density at radius 3 is 2.50 bits per heavy atom. The van der Waals surface area contributed by atoms with Crippen molar-refractivity contribution in [1.82, 2.24) is 0 Å². The van der Waals surface area contributed by atoms with Crippen molar-refractivity contribution in [3.8, 4) is 0 Å². The first-order valence-corrected chi connectivity index (χ1v) is 8.03. The number of fused-ring (bicyclic) bond motifs is 1. The number of hydrogen-bond acceptors (Lipinski definition) is 4. The zero-order chi connectivity index (χ0) is 18.0. The minimum absolute atomic E-state index is 0.0428. The maximum Gasteiger partial charge on any atom is 0.428 e. The van der Waals surface area contributed by atoms with E-state index in [1.807, 2.05) is 12.1 Å². The second-order valence-electron chi connectivity index (χ2n) is 5.45. The van der Waals surface area contributed by atoms with Crippen LogP contribution in [0, 0.1) is 0 Å². The molecule has 0 fully saturated rings. The molecule has 0 spiro atoms. The van der Waals surface area contributed by atoms with Crippen LogP contribution in [0.25, 0.3) is 16.8 Å². The lowest BCUT2D eigenvalue weighted by Gasteiger charge is -2.30. The summed E-state index contributed by atoms with van der Waals surface area (Å²) in [6, 6.07) is 10.1. The van der Waals surface area contributed by atoms with E-state index in [2.05, 4.69) is 6.58 Å². The van der Waals surface area contributed by atoms with Crippen LogP contribution in [-0.4, -0.2) is 23.5 Å². The van der Waals surface area contributed by atoms with Gasteiger partial charge in [-0.25, -0.2) is 4.79 Å². The van der Waals surface area contributed by atoms with Crippen LogP contribution in [0.3, 0.4) is 0 Å². The lowest BCUT2D eigenvalue weighted by atomic mass is 10.0. The number of benzene rings is 2. The summed E-state index contributed by atoms with van der Waals surface area (Å²) in [5.74, 6) is -1.63. The number of halogens is 3. The standard InChI is InChI=1S/C17H16F3NO2S/c1-3-11-4-5-12-6-7-13(9-14(12)8-11)15(22)23-16(2,10-24-21)17(18,19)20/h3-9H,1,10,21H2,2H3.